The molecule has 13 heavy (non-hydrogen) atoms. The fourth-order valence-corrected chi connectivity index (χ4v) is 1.18. The van der Waals surface area contributed by atoms with E-state index in [0.717, 1.165) is 0 Å². The molecule has 78 valence electrons. The Kier molecular flexibility index (Phi) is 3.65. The highest BCUT2D eigenvalue weighted by molar-refractivity contribution is 5.84. The minimum absolute atomic E-state index is 0.130. The van der Waals surface area contributed by atoms with Crippen LogP contribution in [0.2, 0.25) is 0 Å². The molecule has 1 nitrogen and oxygen atoms in total. The summed E-state index contributed by atoms with van der Waals surface area (Å²) in [7, 11) is 0. The van der Waals surface area contributed by atoms with Crippen LogP contribution in [-0.2, 0) is 4.79 Å². The zero-order chi connectivity index (χ0) is 10.9. The summed E-state index contributed by atoms with van der Waals surface area (Å²) in [4.78, 5) is 11.0. The van der Waals surface area contributed by atoms with Gasteiger partial charge in [-0.25, -0.2) is 4.39 Å². The van der Waals surface area contributed by atoms with E-state index in [4.69, 9.17) is 0 Å². The van der Waals surface area contributed by atoms with Crippen LogP contribution in [0.1, 0.15) is 48.0 Å². The molecule has 0 aliphatic heterocycles. The summed E-state index contributed by atoms with van der Waals surface area (Å²) in [6.45, 7) is 10.8. The van der Waals surface area contributed by atoms with Crippen molar-refractivity contribution in [3.63, 3.8) is 0 Å². The SMILES string of the molecule is CC(=O)C(C)(F)CC(C)(C)C(C)C. The van der Waals surface area contributed by atoms with Crippen molar-refractivity contribution in [2.24, 2.45) is 11.3 Å². The number of alkyl halides is 1. The number of hydrogen-bond donors (Lipinski definition) is 0. The van der Waals surface area contributed by atoms with Crippen LogP contribution in [0.15, 0.2) is 0 Å². The Labute approximate surface area is 80.7 Å². The van der Waals surface area contributed by atoms with Crippen LogP contribution in [0.5, 0.6) is 0 Å². The molecule has 2 heteroatoms. The molecule has 0 saturated carbocycles. The molecule has 1 unspecified atom stereocenters. The second kappa shape index (κ2) is 3.77. The second-order valence-electron chi connectivity index (χ2n) is 5.07. The third-order valence-corrected chi connectivity index (χ3v) is 3.08. The lowest BCUT2D eigenvalue weighted by Crippen LogP contribution is -2.36. The number of Topliss-reactive ketones (excluding diaryl/α,β-unsaturated/α-hetero) is 1. The monoisotopic (exact) mass is 188 g/mol. The van der Waals surface area contributed by atoms with E-state index in [0.29, 0.717) is 12.3 Å². The van der Waals surface area contributed by atoms with Crippen LogP contribution < -0.4 is 0 Å². The van der Waals surface area contributed by atoms with Gasteiger partial charge in [-0.05, 0) is 31.6 Å². The van der Waals surface area contributed by atoms with Gasteiger partial charge in [-0.2, -0.15) is 0 Å². The summed E-state index contributed by atoms with van der Waals surface area (Å²) in [5, 5.41) is 0. The van der Waals surface area contributed by atoms with Crippen molar-refractivity contribution in [3.8, 4) is 0 Å². The molecular weight excluding hydrogens is 167 g/mol. The van der Waals surface area contributed by atoms with Gasteiger partial charge in [0.2, 0.25) is 0 Å². The summed E-state index contributed by atoms with van der Waals surface area (Å²) in [6.07, 6.45) is 0.299. The van der Waals surface area contributed by atoms with Gasteiger partial charge < -0.3 is 0 Å². The average Bonchev–Trinajstić information content (AvgIpc) is 1.83. The van der Waals surface area contributed by atoms with E-state index in [1.807, 2.05) is 13.8 Å². The number of carbonyl (C=O) groups excluding carboxylic acids is 1. The minimum Gasteiger partial charge on any atom is -0.296 e. The predicted molar refractivity (Wildman–Crippen MR) is 53.4 cm³/mol. The van der Waals surface area contributed by atoms with Crippen molar-refractivity contribution in [1.82, 2.24) is 0 Å². The maximum atomic E-state index is 13.7. The van der Waals surface area contributed by atoms with Crippen LogP contribution in [0.3, 0.4) is 0 Å². The fraction of sp³-hybridized carbons (Fsp3) is 0.909. The summed E-state index contributed by atoms with van der Waals surface area (Å²) in [5.41, 5.74) is -1.80. The Balaban J connectivity index is 4.52. The number of carbonyl (C=O) groups is 1. The highest BCUT2D eigenvalue weighted by Crippen LogP contribution is 2.37. The van der Waals surface area contributed by atoms with Gasteiger partial charge in [0.15, 0.2) is 11.5 Å². The largest absolute Gasteiger partial charge is 0.296 e. The molecule has 0 bridgehead atoms. The van der Waals surface area contributed by atoms with Gasteiger partial charge in [-0.3, -0.25) is 4.79 Å². The van der Waals surface area contributed by atoms with E-state index >= 15 is 0 Å². The van der Waals surface area contributed by atoms with E-state index in [-0.39, 0.29) is 11.2 Å². The smallest absolute Gasteiger partial charge is 0.166 e. The molecule has 0 aliphatic carbocycles. The van der Waals surface area contributed by atoms with E-state index in [2.05, 4.69) is 13.8 Å². The molecule has 0 aromatic rings. The Morgan fingerprint density at radius 1 is 1.31 bits per heavy atom. The van der Waals surface area contributed by atoms with Crippen molar-refractivity contribution in [1.29, 1.82) is 0 Å². The summed E-state index contributed by atoms with van der Waals surface area (Å²) >= 11 is 0. The number of hydrogen-bond acceptors (Lipinski definition) is 1. The molecule has 0 fully saturated rings. The molecule has 0 rings (SSSR count). The third-order valence-electron chi connectivity index (χ3n) is 3.08. The lowest BCUT2D eigenvalue weighted by molar-refractivity contribution is -0.129. The van der Waals surface area contributed by atoms with Gasteiger partial charge in [0.25, 0.3) is 0 Å². The topological polar surface area (TPSA) is 17.1 Å². The quantitative estimate of drug-likeness (QED) is 0.661. The normalized spacial score (nSPS) is 17.2. The first-order valence-electron chi connectivity index (χ1n) is 4.79. The van der Waals surface area contributed by atoms with Crippen molar-refractivity contribution in [2.45, 2.75) is 53.6 Å². The Hall–Kier alpha value is -0.400. The third kappa shape index (κ3) is 3.45. The molecular formula is C11H21FO. The number of ketones is 1. The van der Waals surface area contributed by atoms with Gasteiger partial charge in [0.1, 0.15) is 0 Å². The molecule has 0 heterocycles. The minimum atomic E-state index is -1.67. The number of halogens is 1. The number of rotatable bonds is 4. The highest BCUT2D eigenvalue weighted by atomic mass is 19.1. The molecule has 0 saturated heterocycles. The van der Waals surface area contributed by atoms with Gasteiger partial charge in [-0.1, -0.05) is 27.7 Å². The van der Waals surface area contributed by atoms with E-state index in [1.165, 1.54) is 13.8 Å². The fourth-order valence-electron chi connectivity index (χ4n) is 1.18. The zero-order valence-electron chi connectivity index (χ0n) is 9.57. The lowest BCUT2D eigenvalue weighted by atomic mass is 9.73. The Morgan fingerprint density at radius 2 is 1.69 bits per heavy atom. The highest BCUT2D eigenvalue weighted by Gasteiger charge is 2.37. The van der Waals surface area contributed by atoms with Gasteiger partial charge >= 0.3 is 0 Å². The molecule has 0 aliphatic rings. The van der Waals surface area contributed by atoms with Crippen LogP contribution in [0, 0.1) is 11.3 Å². The predicted octanol–water partition coefficient (Wildman–Crippen LogP) is 3.38. The Bertz CT molecular complexity index is 192. The maximum absolute atomic E-state index is 13.7. The summed E-state index contributed by atoms with van der Waals surface area (Å²) in [5.74, 6) is 0.00292. The van der Waals surface area contributed by atoms with Crippen LogP contribution in [0.25, 0.3) is 0 Å². The molecule has 0 spiro atoms. The Morgan fingerprint density at radius 3 is 1.92 bits per heavy atom. The van der Waals surface area contributed by atoms with Crippen molar-refractivity contribution in [3.05, 3.63) is 0 Å². The first kappa shape index (κ1) is 12.6. The standard InChI is InChI=1S/C11H21FO/c1-8(2)10(4,5)7-11(6,12)9(3)13/h8H,7H2,1-6H3. The first-order chi connectivity index (χ1) is 5.59. The first-order valence-corrected chi connectivity index (χ1v) is 4.79. The van der Waals surface area contributed by atoms with E-state index in [9.17, 15) is 9.18 Å². The van der Waals surface area contributed by atoms with Crippen LogP contribution in [-0.4, -0.2) is 11.5 Å². The average molecular weight is 188 g/mol. The molecule has 0 aromatic carbocycles. The lowest BCUT2D eigenvalue weighted by Gasteiger charge is -2.34. The van der Waals surface area contributed by atoms with Gasteiger partial charge in [-0.15, -0.1) is 0 Å². The molecule has 0 radical (unpaired) electrons. The zero-order valence-corrected chi connectivity index (χ0v) is 9.57. The molecule has 0 amide bonds. The second-order valence-corrected chi connectivity index (χ2v) is 5.07. The van der Waals surface area contributed by atoms with Crippen LogP contribution in [0.4, 0.5) is 4.39 Å². The van der Waals surface area contributed by atoms with Crippen molar-refractivity contribution in [2.75, 3.05) is 0 Å². The van der Waals surface area contributed by atoms with E-state index in [1.54, 1.807) is 0 Å². The van der Waals surface area contributed by atoms with Crippen molar-refractivity contribution < 1.29 is 9.18 Å². The molecule has 1 atom stereocenters. The molecule has 0 aromatic heterocycles. The van der Waals surface area contributed by atoms with Gasteiger partial charge in [0.05, 0.1) is 0 Å². The maximum Gasteiger partial charge on any atom is 0.166 e. The van der Waals surface area contributed by atoms with Gasteiger partial charge in [0, 0.05) is 0 Å². The molecule has 0 N–H and O–H groups in total. The van der Waals surface area contributed by atoms with Crippen molar-refractivity contribution >= 4 is 5.78 Å². The summed E-state index contributed by atoms with van der Waals surface area (Å²) in [6, 6.07) is 0. The summed E-state index contributed by atoms with van der Waals surface area (Å²) < 4.78 is 13.7. The van der Waals surface area contributed by atoms with Crippen LogP contribution >= 0.6 is 0 Å². The van der Waals surface area contributed by atoms with E-state index < -0.39 is 5.67 Å².